The smallest absolute Gasteiger partial charge is 0.333 e. The van der Waals surface area contributed by atoms with Crippen molar-refractivity contribution in [2.24, 2.45) is 34.0 Å². The molecular weight excluding hydrogens is 396 g/mol. The zero-order valence-corrected chi connectivity index (χ0v) is 19.4. The number of aliphatic hydroxyl groups is 4. The van der Waals surface area contributed by atoms with Crippen LogP contribution in [0.25, 0.3) is 0 Å². The number of carbonyl (C=O) groups excluding carboxylic acids is 1. The van der Waals surface area contributed by atoms with Crippen LogP contribution in [-0.2, 0) is 9.53 Å². The summed E-state index contributed by atoms with van der Waals surface area (Å²) in [5, 5.41) is 42.7. The fourth-order valence-corrected chi connectivity index (χ4v) is 8.66. The highest BCUT2D eigenvalue weighted by atomic mass is 16.6. The molecule has 31 heavy (non-hydrogen) atoms. The van der Waals surface area contributed by atoms with Crippen molar-refractivity contribution in [3.05, 3.63) is 11.6 Å². The van der Waals surface area contributed by atoms with Crippen molar-refractivity contribution >= 4 is 5.97 Å². The van der Waals surface area contributed by atoms with E-state index < -0.39 is 24.0 Å². The molecule has 3 fully saturated rings. The van der Waals surface area contributed by atoms with E-state index in [-0.39, 0.29) is 35.3 Å². The van der Waals surface area contributed by atoms with Gasteiger partial charge in [-0.15, -0.1) is 0 Å². The summed E-state index contributed by atoms with van der Waals surface area (Å²) in [6, 6.07) is 0. The van der Waals surface area contributed by atoms with Gasteiger partial charge in [0, 0.05) is 11.6 Å². The van der Waals surface area contributed by atoms with E-state index in [2.05, 4.69) is 27.7 Å². The number of ether oxygens (including phenoxy) is 1. The van der Waals surface area contributed by atoms with Gasteiger partial charge < -0.3 is 25.2 Å². The molecule has 3 saturated carbocycles. The zero-order valence-electron chi connectivity index (χ0n) is 19.4. The van der Waals surface area contributed by atoms with Crippen LogP contribution in [-0.4, -0.2) is 51.0 Å². The molecule has 0 saturated heterocycles. The third-order valence-electron chi connectivity index (χ3n) is 10.1. The molecule has 0 bridgehead atoms. The van der Waals surface area contributed by atoms with Gasteiger partial charge in [0.05, 0.1) is 18.3 Å². The number of esters is 1. The highest BCUT2D eigenvalue weighted by Gasteiger charge is 2.64. The summed E-state index contributed by atoms with van der Waals surface area (Å²) < 4.78 is 4.76. The van der Waals surface area contributed by atoms with Crippen molar-refractivity contribution in [1.82, 2.24) is 0 Å². The Hall–Kier alpha value is -0.950. The summed E-state index contributed by atoms with van der Waals surface area (Å²) in [4.78, 5) is 11.5. The first-order chi connectivity index (χ1) is 14.4. The van der Waals surface area contributed by atoms with Crippen molar-refractivity contribution in [2.75, 3.05) is 6.61 Å². The van der Waals surface area contributed by atoms with E-state index in [0.29, 0.717) is 23.7 Å². The first kappa shape index (κ1) is 23.2. The average Bonchev–Trinajstić information content (AvgIpc) is 3.01. The minimum Gasteiger partial charge on any atom is -0.429 e. The topological polar surface area (TPSA) is 107 Å². The van der Waals surface area contributed by atoms with Gasteiger partial charge >= 0.3 is 5.97 Å². The number of aliphatic hydroxyl groups excluding tert-OH is 3. The first-order valence-corrected chi connectivity index (χ1v) is 12.0. The monoisotopic (exact) mass is 436 g/mol. The summed E-state index contributed by atoms with van der Waals surface area (Å²) >= 11 is 0. The maximum absolute atomic E-state index is 11.5. The van der Waals surface area contributed by atoms with Gasteiger partial charge in [0.1, 0.15) is 0 Å². The Morgan fingerprint density at radius 3 is 2.35 bits per heavy atom. The highest BCUT2D eigenvalue weighted by molar-refractivity contribution is 5.85. The Morgan fingerprint density at radius 1 is 1.06 bits per heavy atom. The Morgan fingerprint density at radius 2 is 1.74 bits per heavy atom. The van der Waals surface area contributed by atoms with Gasteiger partial charge in [-0.1, -0.05) is 34.1 Å². The van der Waals surface area contributed by atoms with Crippen molar-refractivity contribution in [3.63, 3.8) is 0 Å². The molecule has 176 valence electrons. The SMILES string of the molecule is CC1(C)CCCC2(C)C1CCC1(C)C(CC(O)C3=CC(=O)OC3O)C(O)(CO)CCC21. The predicted octanol–water partition coefficient (Wildman–Crippen LogP) is 2.92. The third kappa shape index (κ3) is 3.49. The molecule has 0 spiro atoms. The van der Waals surface area contributed by atoms with Crippen LogP contribution in [0, 0.1) is 34.0 Å². The number of cyclic esters (lactones) is 1. The summed E-state index contributed by atoms with van der Waals surface area (Å²) in [5.74, 6) is 0.0142. The molecule has 4 rings (SSSR count). The first-order valence-electron chi connectivity index (χ1n) is 12.0. The maximum Gasteiger partial charge on any atom is 0.333 e. The minimum absolute atomic E-state index is 0.148. The van der Waals surface area contributed by atoms with Gasteiger partial charge in [-0.2, -0.15) is 0 Å². The lowest BCUT2D eigenvalue weighted by atomic mass is 9.38. The molecule has 8 unspecified atom stereocenters. The molecule has 1 heterocycles. The molecular formula is C25H40O6. The van der Waals surface area contributed by atoms with E-state index in [9.17, 15) is 25.2 Å². The number of fused-ring (bicyclic) bond motifs is 3. The van der Waals surface area contributed by atoms with Crippen LogP contribution in [0.15, 0.2) is 11.6 Å². The summed E-state index contributed by atoms with van der Waals surface area (Å²) in [5.41, 5.74) is -0.918. The molecule has 0 aromatic carbocycles. The van der Waals surface area contributed by atoms with Crippen LogP contribution < -0.4 is 0 Å². The Labute approximate surface area is 185 Å². The molecule has 6 nitrogen and oxygen atoms in total. The summed E-state index contributed by atoms with van der Waals surface area (Å²) in [6.45, 7) is 9.12. The van der Waals surface area contributed by atoms with Crippen molar-refractivity contribution in [3.8, 4) is 0 Å². The fraction of sp³-hybridized carbons (Fsp3) is 0.880. The lowest BCUT2D eigenvalue weighted by Gasteiger charge is -2.68. The van der Waals surface area contributed by atoms with Crippen LogP contribution in [0.5, 0.6) is 0 Å². The molecule has 4 N–H and O–H groups in total. The minimum atomic E-state index is -1.44. The highest BCUT2D eigenvalue weighted by Crippen LogP contribution is 2.70. The molecule has 0 aromatic heterocycles. The molecule has 1 aliphatic heterocycles. The van der Waals surface area contributed by atoms with E-state index in [1.807, 2.05) is 0 Å². The maximum atomic E-state index is 11.5. The van der Waals surface area contributed by atoms with E-state index in [0.717, 1.165) is 25.3 Å². The largest absolute Gasteiger partial charge is 0.429 e. The van der Waals surface area contributed by atoms with E-state index in [4.69, 9.17) is 4.74 Å². The molecule has 0 amide bonds. The van der Waals surface area contributed by atoms with Crippen LogP contribution in [0.4, 0.5) is 0 Å². The summed E-state index contributed by atoms with van der Waals surface area (Å²) in [6.07, 6.45) is 5.83. The standard InChI is InChI=1S/C25H40O6/c1-22(2)8-5-9-23(3)17(22)6-10-24(4)18(23)7-11-25(30,14-26)19(24)13-16(27)15-12-20(28)31-21(15)29/h12,16-19,21,26-27,29-30H,5-11,13-14H2,1-4H3. The number of carbonyl (C=O) groups is 1. The van der Waals surface area contributed by atoms with Gasteiger partial charge in [0.2, 0.25) is 6.29 Å². The van der Waals surface area contributed by atoms with Crippen LogP contribution in [0.3, 0.4) is 0 Å². The second-order valence-electron chi connectivity index (χ2n) is 12.0. The zero-order chi connectivity index (χ0) is 22.8. The van der Waals surface area contributed by atoms with Gasteiger partial charge in [-0.05, 0) is 78.9 Å². The molecule has 0 aromatic rings. The Balaban J connectivity index is 1.68. The number of hydrogen-bond acceptors (Lipinski definition) is 6. The molecule has 3 aliphatic carbocycles. The average molecular weight is 437 g/mol. The summed E-state index contributed by atoms with van der Waals surface area (Å²) in [7, 11) is 0. The van der Waals surface area contributed by atoms with Gasteiger partial charge in [-0.25, -0.2) is 4.79 Å². The van der Waals surface area contributed by atoms with E-state index in [1.54, 1.807) is 0 Å². The normalized spacial score (nSPS) is 47.7. The predicted molar refractivity (Wildman–Crippen MR) is 116 cm³/mol. The number of hydrogen-bond donors (Lipinski definition) is 4. The van der Waals surface area contributed by atoms with E-state index >= 15 is 0 Å². The third-order valence-corrected chi connectivity index (χ3v) is 10.1. The number of rotatable bonds is 4. The van der Waals surface area contributed by atoms with Gasteiger partial charge in [-0.3, -0.25) is 0 Å². The lowest BCUT2D eigenvalue weighted by molar-refractivity contribution is -0.228. The Bertz CT molecular complexity index is 761. The second kappa shape index (κ2) is 7.54. The van der Waals surface area contributed by atoms with Gasteiger partial charge in [0.25, 0.3) is 0 Å². The van der Waals surface area contributed by atoms with Crippen LogP contribution >= 0.6 is 0 Å². The van der Waals surface area contributed by atoms with Gasteiger partial charge in [0.15, 0.2) is 0 Å². The lowest BCUT2D eigenvalue weighted by Crippen LogP contribution is -2.64. The Kier molecular flexibility index (Phi) is 5.65. The second-order valence-corrected chi connectivity index (χ2v) is 12.0. The van der Waals surface area contributed by atoms with Crippen molar-refractivity contribution in [2.45, 2.75) is 97.1 Å². The molecule has 4 aliphatic rings. The molecule has 0 radical (unpaired) electrons. The molecule has 6 heteroatoms. The van der Waals surface area contributed by atoms with Crippen molar-refractivity contribution < 1.29 is 30.0 Å². The molecule has 8 atom stereocenters. The van der Waals surface area contributed by atoms with Crippen LogP contribution in [0.1, 0.15) is 79.1 Å². The fourth-order valence-electron chi connectivity index (χ4n) is 8.66. The van der Waals surface area contributed by atoms with E-state index in [1.165, 1.54) is 19.3 Å². The quantitative estimate of drug-likeness (QED) is 0.505. The van der Waals surface area contributed by atoms with Crippen molar-refractivity contribution in [1.29, 1.82) is 0 Å². The van der Waals surface area contributed by atoms with Crippen LogP contribution in [0.2, 0.25) is 0 Å².